The minimum Gasteiger partial charge on any atom is -0.487 e. The maximum Gasteiger partial charge on any atom is 0.312 e. The first-order chi connectivity index (χ1) is 10.2. The molecule has 0 saturated carbocycles. The predicted octanol–water partition coefficient (Wildman–Crippen LogP) is 4.76. The van der Waals surface area contributed by atoms with Crippen LogP contribution in [0.2, 0.25) is 0 Å². The third-order valence-electron chi connectivity index (χ3n) is 3.08. The van der Waals surface area contributed by atoms with Crippen molar-refractivity contribution in [2.24, 2.45) is 0 Å². The Bertz CT molecular complexity index is 602. The van der Waals surface area contributed by atoms with Crippen LogP contribution in [0.3, 0.4) is 0 Å². The van der Waals surface area contributed by atoms with E-state index in [9.17, 15) is 10.1 Å². The lowest BCUT2D eigenvalue weighted by atomic mass is 10.1. The van der Waals surface area contributed by atoms with Crippen molar-refractivity contribution in [2.75, 3.05) is 6.61 Å². The molecule has 0 aliphatic heterocycles. The lowest BCUT2D eigenvalue weighted by molar-refractivity contribution is -0.385. The molecule has 0 N–H and O–H groups in total. The van der Waals surface area contributed by atoms with E-state index in [1.54, 1.807) is 12.1 Å². The molecule has 0 fully saturated rings. The lowest BCUT2D eigenvalue weighted by Gasteiger charge is -2.07. The van der Waals surface area contributed by atoms with Crippen LogP contribution in [0.15, 0.2) is 53.0 Å². The summed E-state index contributed by atoms with van der Waals surface area (Å²) in [5.41, 5.74) is 1.29. The number of nitro benzene ring substituents is 1. The number of unbranched alkanes of at least 4 members (excludes halogenated alkanes) is 1. The van der Waals surface area contributed by atoms with E-state index in [1.165, 1.54) is 11.6 Å². The lowest BCUT2D eigenvalue weighted by Crippen LogP contribution is -2.01. The molecule has 0 aliphatic carbocycles. The van der Waals surface area contributed by atoms with E-state index in [4.69, 9.17) is 4.74 Å². The smallest absolute Gasteiger partial charge is 0.312 e. The zero-order chi connectivity index (χ0) is 15.1. The van der Waals surface area contributed by atoms with Gasteiger partial charge >= 0.3 is 5.69 Å². The summed E-state index contributed by atoms with van der Waals surface area (Å²) in [7, 11) is 0. The Balaban J connectivity index is 1.80. The molecule has 4 nitrogen and oxygen atoms in total. The van der Waals surface area contributed by atoms with E-state index in [0.29, 0.717) is 16.8 Å². The van der Waals surface area contributed by atoms with Gasteiger partial charge in [0.1, 0.15) is 0 Å². The maximum atomic E-state index is 11.0. The Morgan fingerprint density at radius 3 is 2.57 bits per heavy atom. The summed E-state index contributed by atoms with van der Waals surface area (Å²) in [6, 6.07) is 15.1. The molecule has 110 valence electrons. The second-order valence-corrected chi connectivity index (χ2v) is 5.58. The number of benzene rings is 2. The van der Waals surface area contributed by atoms with Gasteiger partial charge in [0.05, 0.1) is 11.5 Å². The van der Waals surface area contributed by atoms with Gasteiger partial charge in [0, 0.05) is 10.5 Å². The zero-order valence-electron chi connectivity index (χ0n) is 11.5. The van der Waals surface area contributed by atoms with Gasteiger partial charge in [-0.15, -0.1) is 0 Å². The van der Waals surface area contributed by atoms with Crippen molar-refractivity contribution < 1.29 is 9.66 Å². The van der Waals surface area contributed by atoms with Crippen LogP contribution in [0.4, 0.5) is 5.69 Å². The van der Waals surface area contributed by atoms with Gasteiger partial charge in [0.15, 0.2) is 5.75 Å². The Labute approximate surface area is 132 Å². The monoisotopic (exact) mass is 349 g/mol. The van der Waals surface area contributed by atoms with Crippen LogP contribution in [0.5, 0.6) is 5.75 Å². The Hall–Kier alpha value is -1.88. The fourth-order valence-corrected chi connectivity index (χ4v) is 2.36. The number of ether oxygens (including phenoxy) is 1. The first kappa shape index (κ1) is 15.5. The van der Waals surface area contributed by atoms with E-state index in [2.05, 4.69) is 28.1 Å². The molecule has 2 rings (SSSR count). The van der Waals surface area contributed by atoms with Crippen molar-refractivity contribution in [3.8, 4) is 5.75 Å². The number of aryl methyl sites for hydroxylation is 1. The summed E-state index contributed by atoms with van der Waals surface area (Å²) < 4.78 is 6.20. The van der Waals surface area contributed by atoms with Gasteiger partial charge in [-0.2, -0.15) is 0 Å². The van der Waals surface area contributed by atoms with Gasteiger partial charge in [-0.05, 0) is 37.0 Å². The van der Waals surface area contributed by atoms with Crippen LogP contribution >= 0.6 is 15.9 Å². The predicted molar refractivity (Wildman–Crippen MR) is 85.7 cm³/mol. The van der Waals surface area contributed by atoms with Gasteiger partial charge in [-0.1, -0.05) is 46.3 Å². The van der Waals surface area contributed by atoms with Crippen LogP contribution < -0.4 is 4.74 Å². The Morgan fingerprint density at radius 1 is 1.10 bits per heavy atom. The number of hydrogen-bond acceptors (Lipinski definition) is 3. The van der Waals surface area contributed by atoms with Crippen LogP contribution in [0.1, 0.15) is 18.4 Å². The quantitative estimate of drug-likeness (QED) is 0.411. The Kier molecular flexibility index (Phi) is 5.75. The van der Waals surface area contributed by atoms with Crippen molar-refractivity contribution in [1.82, 2.24) is 0 Å². The second-order valence-electron chi connectivity index (χ2n) is 4.66. The summed E-state index contributed by atoms with van der Waals surface area (Å²) in [4.78, 5) is 10.5. The Morgan fingerprint density at radius 2 is 1.86 bits per heavy atom. The van der Waals surface area contributed by atoms with Crippen molar-refractivity contribution in [1.29, 1.82) is 0 Å². The number of nitrogens with zero attached hydrogens (tertiary/aromatic N) is 1. The SMILES string of the molecule is O=[N+]([O-])c1cc(Br)ccc1OCCCCc1ccccc1. The number of rotatable bonds is 7. The van der Waals surface area contributed by atoms with Gasteiger partial charge in [0.2, 0.25) is 0 Å². The molecule has 0 aromatic heterocycles. The first-order valence-electron chi connectivity index (χ1n) is 6.77. The van der Waals surface area contributed by atoms with Crippen LogP contribution in [0.25, 0.3) is 0 Å². The van der Waals surface area contributed by atoms with Crippen molar-refractivity contribution >= 4 is 21.6 Å². The average Bonchev–Trinajstić information content (AvgIpc) is 2.49. The molecule has 0 radical (unpaired) electrons. The molecule has 0 amide bonds. The van der Waals surface area contributed by atoms with E-state index in [0.717, 1.165) is 19.3 Å². The second kappa shape index (κ2) is 7.78. The van der Waals surface area contributed by atoms with E-state index in [-0.39, 0.29) is 5.69 Å². The van der Waals surface area contributed by atoms with Crippen LogP contribution in [0, 0.1) is 10.1 Å². The molecule has 21 heavy (non-hydrogen) atoms. The summed E-state index contributed by atoms with van der Waals surface area (Å²) in [6.45, 7) is 0.481. The normalized spacial score (nSPS) is 10.3. The standard InChI is InChI=1S/C16H16BrNO3/c17-14-9-10-16(15(12-14)18(19)20)21-11-5-4-8-13-6-2-1-3-7-13/h1-3,6-7,9-10,12H,4-5,8,11H2. The summed E-state index contributed by atoms with van der Waals surface area (Å²) in [6.07, 6.45) is 2.85. The molecule has 0 bridgehead atoms. The van der Waals surface area contributed by atoms with Crippen molar-refractivity contribution in [3.05, 3.63) is 68.7 Å². The van der Waals surface area contributed by atoms with E-state index < -0.39 is 4.92 Å². The third kappa shape index (κ3) is 4.86. The molecule has 0 heterocycles. The third-order valence-corrected chi connectivity index (χ3v) is 3.57. The highest BCUT2D eigenvalue weighted by Crippen LogP contribution is 2.30. The minimum atomic E-state index is -0.427. The highest BCUT2D eigenvalue weighted by Gasteiger charge is 2.15. The van der Waals surface area contributed by atoms with E-state index in [1.807, 2.05) is 18.2 Å². The first-order valence-corrected chi connectivity index (χ1v) is 7.57. The fraction of sp³-hybridized carbons (Fsp3) is 0.250. The topological polar surface area (TPSA) is 52.4 Å². The maximum absolute atomic E-state index is 11.0. The number of halogens is 1. The summed E-state index contributed by atoms with van der Waals surface area (Å²) in [5, 5.41) is 11.0. The highest BCUT2D eigenvalue weighted by molar-refractivity contribution is 9.10. The molecular weight excluding hydrogens is 334 g/mol. The molecule has 5 heteroatoms. The molecule has 0 saturated heterocycles. The zero-order valence-corrected chi connectivity index (χ0v) is 13.1. The number of hydrogen-bond donors (Lipinski definition) is 0. The van der Waals surface area contributed by atoms with Crippen molar-refractivity contribution in [2.45, 2.75) is 19.3 Å². The van der Waals surface area contributed by atoms with Gasteiger partial charge in [0.25, 0.3) is 0 Å². The largest absolute Gasteiger partial charge is 0.487 e. The van der Waals surface area contributed by atoms with Crippen molar-refractivity contribution in [3.63, 3.8) is 0 Å². The van der Waals surface area contributed by atoms with Crippen LogP contribution in [-0.2, 0) is 6.42 Å². The molecule has 0 unspecified atom stereocenters. The van der Waals surface area contributed by atoms with Crippen LogP contribution in [-0.4, -0.2) is 11.5 Å². The molecular formula is C16H16BrNO3. The van der Waals surface area contributed by atoms with Gasteiger partial charge in [-0.25, -0.2) is 0 Å². The number of nitro groups is 1. The molecule has 0 spiro atoms. The molecule has 2 aromatic carbocycles. The average molecular weight is 350 g/mol. The summed E-state index contributed by atoms with van der Waals surface area (Å²) in [5.74, 6) is 0.322. The van der Waals surface area contributed by atoms with Gasteiger partial charge < -0.3 is 4.74 Å². The summed E-state index contributed by atoms with van der Waals surface area (Å²) >= 11 is 3.22. The molecule has 0 atom stereocenters. The molecule has 0 aliphatic rings. The minimum absolute atomic E-state index is 0.00701. The molecule has 2 aromatic rings. The van der Waals surface area contributed by atoms with E-state index >= 15 is 0 Å². The fourth-order valence-electron chi connectivity index (χ4n) is 2.01. The highest BCUT2D eigenvalue weighted by atomic mass is 79.9. The van der Waals surface area contributed by atoms with Gasteiger partial charge in [-0.3, -0.25) is 10.1 Å².